The van der Waals surface area contributed by atoms with Crippen molar-refractivity contribution in [1.29, 1.82) is 0 Å². The molecule has 0 heterocycles. The monoisotopic (exact) mass is 464 g/mol. The van der Waals surface area contributed by atoms with Crippen LogP contribution in [0.3, 0.4) is 0 Å². The molecule has 172 valence electrons. The van der Waals surface area contributed by atoms with Gasteiger partial charge in [-0.1, -0.05) is 109 Å². The van der Waals surface area contributed by atoms with Crippen molar-refractivity contribution in [2.24, 2.45) is 0 Å². The first-order chi connectivity index (χ1) is 17.8. The van der Waals surface area contributed by atoms with E-state index in [4.69, 9.17) is 0 Å². The third-order valence-electron chi connectivity index (χ3n) is 7.58. The van der Waals surface area contributed by atoms with Crippen molar-refractivity contribution in [2.45, 2.75) is 13.2 Å². The van der Waals surface area contributed by atoms with Crippen molar-refractivity contribution in [3.63, 3.8) is 0 Å². The van der Waals surface area contributed by atoms with Crippen molar-refractivity contribution >= 4 is 64.6 Å². The molecule has 0 saturated carbocycles. The quantitative estimate of drug-likeness (QED) is 0.253. The summed E-state index contributed by atoms with van der Waals surface area (Å²) in [4.78, 5) is 0. The Morgan fingerprint density at radius 2 is 0.639 bits per heavy atom. The van der Waals surface area contributed by atoms with E-state index in [1.54, 1.807) is 0 Å². The van der Waals surface area contributed by atoms with Crippen LogP contribution in [-0.2, 0) is 13.2 Å². The van der Waals surface area contributed by atoms with Gasteiger partial charge in [-0.2, -0.15) is 0 Å². The molecule has 0 radical (unpaired) electrons. The van der Waals surface area contributed by atoms with Crippen LogP contribution in [0.5, 0.6) is 0 Å². The molecule has 2 nitrogen and oxygen atoms in total. The van der Waals surface area contributed by atoms with Crippen molar-refractivity contribution < 1.29 is 10.2 Å². The average Bonchev–Trinajstić information content (AvgIpc) is 2.95. The SMILES string of the molecule is OCc1ccc2ccc3cccc4ccc1c2c34.OCc1ccc2ccc3cccc4ccc1c2c34. The third kappa shape index (κ3) is 3.06. The minimum Gasteiger partial charge on any atom is -0.392 e. The highest BCUT2D eigenvalue weighted by molar-refractivity contribution is 6.24. The van der Waals surface area contributed by atoms with Crippen LogP contribution in [-0.4, -0.2) is 10.2 Å². The Kier molecular flexibility index (Phi) is 4.78. The van der Waals surface area contributed by atoms with E-state index in [2.05, 4.69) is 97.1 Å². The molecule has 0 aromatic heterocycles. The molecule has 0 bridgehead atoms. The van der Waals surface area contributed by atoms with E-state index in [1.165, 1.54) is 64.6 Å². The molecule has 0 atom stereocenters. The van der Waals surface area contributed by atoms with Crippen LogP contribution in [0.2, 0.25) is 0 Å². The summed E-state index contributed by atoms with van der Waals surface area (Å²) in [6, 6.07) is 38.2. The molecule has 8 rings (SSSR count). The van der Waals surface area contributed by atoms with Crippen LogP contribution in [0.15, 0.2) is 109 Å². The fourth-order valence-corrected chi connectivity index (χ4v) is 5.87. The number of hydrogen-bond acceptors (Lipinski definition) is 2. The van der Waals surface area contributed by atoms with Gasteiger partial charge in [0.1, 0.15) is 0 Å². The molecule has 0 amide bonds. The largest absolute Gasteiger partial charge is 0.392 e. The van der Waals surface area contributed by atoms with E-state index in [-0.39, 0.29) is 13.2 Å². The first kappa shape index (κ1) is 21.1. The Bertz CT molecular complexity index is 1840. The van der Waals surface area contributed by atoms with Crippen LogP contribution in [0.4, 0.5) is 0 Å². The topological polar surface area (TPSA) is 40.5 Å². The van der Waals surface area contributed by atoms with Gasteiger partial charge in [-0.05, 0) is 75.8 Å². The molecule has 8 aromatic rings. The molecule has 0 aliphatic rings. The smallest absolute Gasteiger partial charge is 0.0687 e. The van der Waals surface area contributed by atoms with E-state index < -0.39 is 0 Å². The fraction of sp³-hybridized carbons (Fsp3) is 0.0588. The average molecular weight is 465 g/mol. The summed E-state index contributed by atoms with van der Waals surface area (Å²) < 4.78 is 0. The Hall–Kier alpha value is -4.24. The maximum atomic E-state index is 9.47. The summed E-state index contributed by atoms with van der Waals surface area (Å²) in [7, 11) is 0. The minimum absolute atomic E-state index is 0.0914. The molecule has 0 aliphatic carbocycles. The normalized spacial score (nSPS) is 11.8. The molecule has 0 saturated heterocycles. The van der Waals surface area contributed by atoms with Gasteiger partial charge in [-0.15, -0.1) is 0 Å². The molecule has 0 spiro atoms. The van der Waals surface area contributed by atoms with Crippen molar-refractivity contribution in [3.8, 4) is 0 Å². The maximum absolute atomic E-state index is 9.47. The molecule has 36 heavy (non-hydrogen) atoms. The van der Waals surface area contributed by atoms with E-state index >= 15 is 0 Å². The summed E-state index contributed by atoms with van der Waals surface area (Å²) in [5.41, 5.74) is 2.00. The van der Waals surface area contributed by atoms with Gasteiger partial charge in [0, 0.05) is 0 Å². The molecule has 0 aliphatic heterocycles. The second kappa shape index (κ2) is 8.17. The van der Waals surface area contributed by atoms with Crippen LogP contribution in [0, 0.1) is 0 Å². The summed E-state index contributed by atoms with van der Waals surface area (Å²) >= 11 is 0. The van der Waals surface area contributed by atoms with E-state index in [0.29, 0.717) is 0 Å². The number of aliphatic hydroxyl groups is 2. The van der Waals surface area contributed by atoms with Gasteiger partial charge in [0.05, 0.1) is 13.2 Å². The van der Waals surface area contributed by atoms with Crippen molar-refractivity contribution in [1.82, 2.24) is 0 Å². The summed E-state index contributed by atoms with van der Waals surface area (Å²) in [5, 5.41) is 34.0. The number of hydrogen-bond donors (Lipinski definition) is 2. The standard InChI is InChI=1S/2C17H12O/c2*18-10-14-7-6-13-5-4-11-2-1-3-12-8-9-15(14)17(13)16(11)12/h2*1-9,18H,10H2. The van der Waals surface area contributed by atoms with Crippen LogP contribution >= 0.6 is 0 Å². The van der Waals surface area contributed by atoms with Gasteiger partial charge < -0.3 is 10.2 Å². The van der Waals surface area contributed by atoms with E-state index in [9.17, 15) is 10.2 Å². The number of rotatable bonds is 2. The Balaban J connectivity index is 0.000000122. The first-order valence-electron chi connectivity index (χ1n) is 12.3. The molecule has 2 N–H and O–H groups in total. The minimum atomic E-state index is 0.0914. The van der Waals surface area contributed by atoms with E-state index in [0.717, 1.165) is 11.1 Å². The zero-order chi connectivity index (χ0) is 24.2. The highest BCUT2D eigenvalue weighted by atomic mass is 16.3. The summed E-state index contributed by atoms with van der Waals surface area (Å²) in [6.45, 7) is 0.183. The highest BCUT2D eigenvalue weighted by Gasteiger charge is 2.11. The molecule has 0 unspecified atom stereocenters. The lowest BCUT2D eigenvalue weighted by Gasteiger charge is -2.12. The Morgan fingerprint density at radius 3 is 1.00 bits per heavy atom. The van der Waals surface area contributed by atoms with Gasteiger partial charge in [0.2, 0.25) is 0 Å². The van der Waals surface area contributed by atoms with Crippen LogP contribution in [0.1, 0.15) is 11.1 Å². The molecule has 0 fully saturated rings. The number of aliphatic hydroxyl groups excluding tert-OH is 2. The van der Waals surface area contributed by atoms with Gasteiger partial charge in [-0.3, -0.25) is 0 Å². The predicted octanol–water partition coefficient (Wildman–Crippen LogP) is 8.15. The third-order valence-corrected chi connectivity index (χ3v) is 7.58. The van der Waals surface area contributed by atoms with Crippen LogP contribution in [0.25, 0.3) is 64.6 Å². The van der Waals surface area contributed by atoms with Gasteiger partial charge in [0.15, 0.2) is 0 Å². The molecular weight excluding hydrogens is 440 g/mol. The lowest BCUT2D eigenvalue weighted by Crippen LogP contribution is -1.89. The lowest BCUT2D eigenvalue weighted by molar-refractivity contribution is 0.283. The van der Waals surface area contributed by atoms with Gasteiger partial charge >= 0.3 is 0 Å². The Morgan fingerprint density at radius 1 is 0.333 bits per heavy atom. The fourth-order valence-electron chi connectivity index (χ4n) is 5.87. The zero-order valence-corrected chi connectivity index (χ0v) is 19.7. The van der Waals surface area contributed by atoms with Crippen LogP contribution < -0.4 is 0 Å². The van der Waals surface area contributed by atoms with Crippen molar-refractivity contribution in [2.75, 3.05) is 0 Å². The van der Waals surface area contributed by atoms with Gasteiger partial charge in [0.25, 0.3) is 0 Å². The van der Waals surface area contributed by atoms with Gasteiger partial charge in [-0.25, -0.2) is 0 Å². The van der Waals surface area contributed by atoms with Crippen molar-refractivity contribution in [3.05, 3.63) is 120 Å². The second-order valence-electron chi connectivity index (χ2n) is 9.48. The zero-order valence-electron chi connectivity index (χ0n) is 19.7. The lowest BCUT2D eigenvalue weighted by atomic mass is 9.92. The predicted molar refractivity (Wildman–Crippen MR) is 152 cm³/mol. The maximum Gasteiger partial charge on any atom is 0.0687 e. The summed E-state index contributed by atoms with van der Waals surface area (Å²) in [5.74, 6) is 0. The number of benzene rings is 8. The Labute approximate surface area is 208 Å². The highest BCUT2D eigenvalue weighted by Crippen LogP contribution is 2.37. The second-order valence-corrected chi connectivity index (χ2v) is 9.48. The first-order valence-corrected chi connectivity index (χ1v) is 12.3. The molecule has 2 heteroatoms. The molecular formula is C34H24O2. The molecule has 8 aromatic carbocycles. The van der Waals surface area contributed by atoms with E-state index in [1.807, 2.05) is 12.1 Å². The summed E-state index contributed by atoms with van der Waals surface area (Å²) in [6.07, 6.45) is 0.